The van der Waals surface area contributed by atoms with Crippen LogP contribution in [0.15, 0.2) is 24.3 Å². The number of carbonyl (C=O) groups is 3. The molecule has 0 fully saturated rings. The molecule has 0 bridgehead atoms. The van der Waals surface area contributed by atoms with Gasteiger partial charge in [-0.05, 0) is 51.4 Å². The van der Waals surface area contributed by atoms with Gasteiger partial charge in [0.15, 0.2) is 6.10 Å². The molecule has 69 heavy (non-hydrogen) atoms. The van der Waals surface area contributed by atoms with Gasteiger partial charge < -0.3 is 14.2 Å². The first-order chi connectivity index (χ1) is 34.0. The summed E-state index contributed by atoms with van der Waals surface area (Å²) in [6.07, 6.45) is 69.0. The fraction of sp³-hybridized carbons (Fsp3) is 0.889. The maximum atomic E-state index is 12.8. The average molecular weight is 972 g/mol. The van der Waals surface area contributed by atoms with Gasteiger partial charge in [-0.3, -0.25) is 14.4 Å². The van der Waals surface area contributed by atoms with Crippen molar-refractivity contribution in [3.05, 3.63) is 24.3 Å². The topological polar surface area (TPSA) is 78.9 Å². The van der Waals surface area contributed by atoms with E-state index >= 15 is 0 Å². The Morgan fingerprint density at radius 1 is 0.290 bits per heavy atom. The van der Waals surface area contributed by atoms with Crippen LogP contribution in [0, 0.1) is 0 Å². The van der Waals surface area contributed by atoms with Gasteiger partial charge in [-0.25, -0.2) is 0 Å². The van der Waals surface area contributed by atoms with Crippen LogP contribution in [0.4, 0.5) is 0 Å². The maximum Gasteiger partial charge on any atom is 0.306 e. The maximum absolute atomic E-state index is 12.8. The van der Waals surface area contributed by atoms with Gasteiger partial charge in [0.1, 0.15) is 13.2 Å². The molecule has 0 aliphatic heterocycles. The normalized spacial score (nSPS) is 12.1. The molecule has 1 atom stereocenters. The predicted molar refractivity (Wildman–Crippen MR) is 298 cm³/mol. The molecule has 0 saturated heterocycles. The van der Waals surface area contributed by atoms with Gasteiger partial charge >= 0.3 is 17.9 Å². The molecule has 6 nitrogen and oxygen atoms in total. The van der Waals surface area contributed by atoms with Gasteiger partial charge in [-0.2, -0.15) is 0 Å². The van der Waals surface area contributed by atoms with Crippen molar-refractivity contribution in [2.75, 3.05) is 13.2 Å². The van der Waals surface area contributed by atoms with Crippen molar-refractivity contribution in [2.24, 2.45) is 0 Å². The first-order valence-electron chi connectivity index (χ1n) is 30.8. The number of rotatable bonds is 57. The number of esters is 3. The largest absolute Gasteiger partial charge is 0.462 e. The van der Waals surface area contributed by atoms with E-state index in [9.17, 15) is 14.4 Å². The molecule has 406 valence electrons. The van der Waals surface area contributed by atoms with E-state index < -0.39 is 6.10 Å². The second kappa shape index (κ2) is 58.5. The standard InChI is InChI=1S/C63H118O6/c1-4-7-10-13-16-19-22-25-27-28-29-30-31-32-33-34-35-37-38-41-44-47-50-53-56-62(65)68-59-60(58-67-61(64)55-52-49-46-43-40-24-21-18-15-12-9-6-3)69-63(66)57-54-51-48-45-42-39-36-26-23-20-17-14-11-8-5-2/h17,20,26,36,60H,4-16,18-19,21-25,27-35,37-59H2,1-3H3/b20-17-,36-26-. The van der Waals surface area contributed by atoms with Crippen LogP contribution in [0.5, 0.6) is 0 Å². The van der Waals surface area contributed by atoms with E-state index in [-0.39, 0.29) is 31.1 Å². The Kier molecular flexibility index (Phi) is 56.7. The van der Waals surface area contributed by atoms with E-state index in [0.717, 1.165) is 77.0 Å². The highest BCUT2D eigenvalue weighted by molar-refractivity contribution is 5.71. The van der Waals surface area contributed by atoms with Gasteiger partial charge in [-0.1, -0.05) is 295 Å². The minimum Gasteiger partial charge on any atom is -0.462 e. The lowest BCUT2D eigenvalue weighted by Crippen LogP contribution is -2.30. The number of hydrogen-bond acceptors (Lipinski definition) is 6. The summed E-state index contributed by atoms with van der Waals surface area (Å²) in [5, 5.41) is 0. The number of unbranched alkanes of at least 4 members (excludes halogenated alkanes) is 42. The summed E-state index contributed by atoms with van der Waals surface area (Å²) in [7, 11) is 0. The highest BCUT2D eigenvalue weighted by atomic mass is 16.6. The van der Waals surface area contributed by atoms with Crippen molar-refractivity contribution < 1.29 is 28.6 Å². The third-order valence-electron chi connectivity index (χ3n) is 14.0. The van der Waals surface area contributed by atoms with Crippen molar-refractivity contribution in [3.8, 4) is 0 Å². The third kappa shape index (κ3) is 56.7. The van der Waals surface area contributed by atoms with Crippen molar-refractivity contribution >= 4 is 17.9 Å². The van der Waals surface area contributed by atoms with Crippen LogP contribution in [0.1, 0.15) is 342 Å². The van der Waals surface area contributed by atoms with Crippen LogP contribution >= 0.6 is 0 Å². The fourth-order valence-corrected chi connectivity index (χ4v) is 9.30. The van der Waals surface area contributed by atoms with E-state index in [1.54, 1.807) is 0 Å². The van der Waals surface area contributed by atoms with Crippen LogP contribution in [0.3, 0.4) is 0 Å². The van der Waals surface area contributed by atoms with Crippen LogP contribution in [0.25, 0.3) is 0 Å². The smallest absolute Gasteiger partial charge is 0.306 e. The highest BCUT2D eigenvalue weighted by Crippen LogP contribution is 2.18. The molecule has 0 aromatic heterocycles. The van der Waals surface area contributed by atoms with Gasteiger partial charge in [-0.15, -0.1) is 0 Å². The first kappa shape index (κ1) is 66.9. The Morgan fingerprint density at radius 3 is 0.826 bits per heavy atom. The molecule has 0 saturated carbocycles. The molecule has 0 aliphatic rings. The van der Waals surface area contributed by atoms with E-state index in [1.807, 2.05) is 0 Å². The van der Waals surface area contributed by atoms with Gasteiger partial charge in [0.05, 0.1) is 0 Å². The monoisotopic (exact) mass is 971 g/mol. The zero-order chi connectivity index (χ0) is 50.0. The summed E-state index contributed by atoms with van der Waals surface area (Å²) in [4.78, 5) is 38.2. The SMILES string of the molecule is CCCCC/C=C\C/C=C\CCCCCCCC(=O)OC(COC(=O)CCCCCCCCCCCCCC)COC(=O)CCCCCCCCCCCCCCCCCCCCCCCCCC. The van der Waals surface area contributed by atoms with Crippen LogP contribution < -0.4 is 0 Å². The summed E-state index contributed by atoms with van der Waals surface area (Å²) in [5.74, 6) is -0.862. The molecule has 0 aromatic rings. The molecule has 0 aliphatic carbocycles. The van der Waals surface area contributed by atoms with Crippen molar-refractivity contribution in [2.45, 2.75) is 348 Å². The average Bonchev–Trinajstić information content (AvgIpc) is 3.35. The second-order valence-corrected chi connectivity index (χ2v) is 21.0. The molecule has 0 N–H and O–H groups in total. The molecule has 0 radical (unpaired) electrons. The molecule has 0 aromatic carbocycles. The number of hydrogen-bond donors (Lipinski definition) is 0. The third-order valence-corrected chi connectivity index (χ3v) is 14.0. The fourth-order valence-electron chi connectivity index (χ4n) is 9.30. The summed E-state index contributed by atoms with van der Waals surface area (Å²) in [6, 6.07) is 0. The minimum absolute atomic E-state index is 0.0714. The quantitative estimate of drug-likeness (QED) is 0.0261. The van der Waals surface area contributed by atoms with Gasteiger partial charge in [0.25, 0.3) is 0 Å². The Morgan fingerprint density at radius 2 is 0.522 bits per heavy atom. The van der Waals surface area contributed by atoms with E-state index in [2.05, 4.69) is 45.1 Å². The molecule has 6 heteroatoms. The number of ether oxygens (including phenoxy) is 3. The lowest BCUT2D eigenvalue weighted by Gasteiger charge is -2.18. The summed E-state index contributed by atoms with van der Waals surface area (Å²) in [5.41, 5.74) is 0. The molecule has 1 unspecified atom stereocenters. The number of carbonyl (C=O) groups excluding carboxylic acids is 3. The molecule has 0 heterocycles. The molecule has 0 rings (SSSR count). The second-order valence-electron chi connectivity index (χ2n) is 21.0. The lowest BCUT2D eigenvalue weighted by atomic mass is 10.0. The molecule has 0 amide bonds. The van der Waals surface area contributed by atoms with E-state index in [1.165, 1.54) is 225 Å². The molecular formula is C63H118O6. The Labute approximate surface area is 430 Å². The van der Waals surface area contributed by atoms with E-state index in [0.29, 0.717) is 19.3 Å². The minimum atomic E-state index is -0.774. The zero-order valence-electron chi connectivity index (χ0n) is 46.6. The molecule has 0 spiro atoms. The highest BCUT2D eigenvalue weighted by Gasteiger charge is 2.19. The van der Waals surface area contributed by atoms with Crippen LogP contribution in [-0.2, 0) is 28.6 Å². The van der Waals surface area contributed by atoms with Gasteiger partial charge in [0, 0.05) is 19.3 Å². The summed E-state index contributed by atoms with van der Waals surface area (Å²) >= 11 is 0. The zero-order valence-corrected chi connectivity index (χ0v) is 46.6. The van der Waals surface area contributed by atoms with Gasteiger partial charge in [0.2, 0.25) is 0 Å². The predicted octanol–water partition coefficient (Wildman–Crippen LogP) is 20.7. The summed E-state index contributed by atoms with van der Waals surface area (Å²) < 4.78 is 16.9. The summed E-state index contributed by atoms with van der Waals surface area (Å²) in [6.45, 7) is 6.66. The lowest BCUT2D eigenvalue weighted by molar-refractivity contribution is -0.167. The van der Waals surface area contributed by atoms with Crippen molar-refractivity contribution in [1.29, 1.82) is 0 Å². The molecular weight excluding hydrogens is 853 g/mol. The Balaban J connectivity index is 4.21. The van der Waals surface area contributed by atoms with Crippen molar-refractivity contribution in [3.63, 3.8) is 0 Å². The van der Waals surface area contributed by atoms with Crippen LogP contribution in [-0.4, -0.2) is 37.2 Å². The van der Waals surface area contributed by atoms with Crippen molar-refractivity contribution in [1.82, 2.24) is 0 Å². The Bertz CT molecular complexity index is 1110. The van der Waals surface area contributed by atoms with E-state index in [4.69, 9.17) is 14.2 Å². The first-order valence-corrected chi connectivity index (χ1v) is 30.8. The number of allylic oxidation sites excluding steroid dienone is 4. The Hall–Kier alpha value is -2.11. The van der Waals surface area contributed by atoms with Crippen LogP contribution in [0.2, 0.25) is 0 Å².